The maximum Gasteiger partial charge on any atom is 0.242 e. The van der Waals surface area contributed by atoms with Crippen LogP contribution in [0.4, 0.5) is 5.69 Å². The Morgan fingerprint density at radius 1 is 1.58 bits per heavy atom. The van der Waals surface area contributed by atoms with Crippen LogP contribution in [0.3, 0.4) is 0 Å². The Kier molecular flexibility index (Phi) is 4.28. The van der Waals surface area contributed by atoms with Crippen molar-refractivity contribution in [3.05, 3.63) is 28.8 Å². The average molecular weight is 278 g/mol. The Morgan fingerprint density at radius 3 is 2.84 bits per heavy atom. The van der Waals surface area contributed by atoms with Gasteiger partial charge in [-0.3, -0.25) is 4.79 Å². The fourth-order valence-corrected chi connectivity index (χ4v) is 2.27. The van der Waals surface area contributed by atoms with E-state index in [-0.39, 0.29) is 12.5 Å². The van der Waals surface area contributed by atoms with Crippen LogP contribution >= 0.6 is 11.6 Å². The molecule has 0 heterocycles. The summed E-state index contributed by atoms with van der Waals surface area (Å²) in [5, 5.41) is 12.2. The number of amides is 1. The Labute approximate surface area is 118 Å². The third-order valence-electron chi connectivity index (χ3n) is 3.18. The second-order valence-corrected chi connectivity index (χ2v) is 4.98. The highest BCUT2D eigenvalue weighted by Crippen LogP contribution is 2.27. The van der Waals surface area contributed by atoms with E-state index in [0.29, 0.717) is 22.3 Å². The molecule has 1 amide bonds. The number of carbonyl (C=O) groups excluding carboxylic acids is 1. The fourth-order valence-electron chi connectivity index (χ4n) is 2.02. The van der Waals surface area contributed by atoms with Gasteiger partial charge in [-0.1, -0.05) is 11.6 Å². The SMILES string of the molecule is CCN(C(=O)CNc1ccc(C#N)cc1Cl)C1CC1. The van der Waals surface area contributed by atoms with E-state index in [1.807, 2.05) is 17.9 Å². The molecule has 1 N–H and O–H groups in total. The van der Waals surface area contributed by atoms with E-state index < -0.39 is 0 Å². The lowest BCUT2D eigenvalue weighted by Crippen LogP contribution is -2.37. The van der Waals surface area contributed by atoms with E-state index >= 15 is 0 Å². The monoisotopic (exact) mass is 277 g/mol. The van der Waals surface area contributed by atoms with Crippen LogP contribution in [0.5, 0.6) is 0 Å². The van der Waals surface area contributed by atoms with Gasteiger partial charge in [-0.25, -0.2) is 0 Å². The molecule has 1 aliphatic carbocycles. The van der Waals surface area contributed by atoms with Crippen molar-refractivity contribution in [3.63, 3.8) is 0 Å². The quantitative estimate of drug-likeness (QED) is 0.900. The van der Waals surface area contributed by atoms with Crippen LogP contribution in [0.25, 0.3) is 0 Å². The maximum absolute atomic E-state index is 12.0. The fraction of sp³-hybridized carbons (Fsp3) is 0.429. The number of nitrogens with one attached hydrogen (secondary N) is 1. The molecule has 0 radical (unpaired) electrons. The van der Waals surface area contributed by atoms with Crippen molar-refractivity contribution in [2.45, 2.75) is 25.8 Å². The highest BCUT2D eigenvalue weighted by molar-refractivity contribution is 6.33. The van der Waals surface area contributed by atoms with Gasteiger partial charge in [0.05, 0.1) is 28.9 Å². The van der Waals surface area contributed by atoms with Crippen LogP contribution in [-0.4, -0.2) is 29.9 Å². The maximum atomic E-state index is 12.0. The molecule has 0 spiro atoms. The van der Waals surface area contributed by atoms with Gasteiger partial charge in [-0.15, -0.1) is 0 Å². The minimum atomic E-state index is 0.0884. The first-order chi connectivity index (χ1) is 9.15. The number of nitrogens with zero attached hydrogens (tertiary/aromatic N) is 2. The summed E-state index contributed by atoms with van der Waals surface area (Å²) in [4.78, 5) is 13.9. The Bertz CT molecular complexity index is 520. The van der Waals surface area contributed by atoms with Gasteiger partial charge in [0.2, 0.25) is 5.91 Å². The van der Waals surface area contributed by atoms with Gasteiger partial charge < -0.3 is 10.2 Å². The average Bonchev–Trinajstić information content (AvgIpc) is 3.22. The number of hydrogen-bond donors (Lipinski definition) is 1. The third-order valence-corrected chi connectivity index (χ3v) is 3.49. The summed E-state index contributed by atoms with van der Waals surface area (Å²) >= 11 is 6.04. The van der Waals surface area contributed by atoms with Crippen LogP contribution in [0, 0.1) is 11.3 Å². The molecule has 19 heavy (non-hydrogen) atoms. The van der Waals surface area contributed by atoms with Crippen LogP contribution in [0.2, 0.25) is 5.02 Å². The molecule has 0 aromatic heterocycles. The number of rotatable bonds is 5. The topological polar surface area (TPSA) is 56.1 Å². The van der Waals surface area contributed by atoms with Crippen molar-refractivity contribution in [2.24, 2.45) is 0 Å². The van der Waals surface area contributed by atoms with Gasteiger partial charge >= 0.3 is 0 Å². The number of anilines is 1. The molecule has 5 heteroatoms. The zero-order chi connectivity index (χ0) is 13.8. The van der Waals surface area contributed by atoms with Gasteiger partial charge in [0.25, 0.3) is 0 Å². The van der Waals surface area contributed by atoms with E-state index in [1.54, 1.807) is 18.2 Å². The Balaban J connectivity index is 1.95. The van der Waals surface area contributed by atoms with Gasteiger partial charge in [0, 0.05) is 12.6 Å². The molecule has 1 aromatic carbocycles. The van der Waals surface area contributed by atoms with Gasteiger partial charge in [0.1, 0.15) is 0 Å². The first-order valence-electron chi connectivity index (χ1n) is 6.38. The second-order valence-electron chi connectivity index (χ2n) is 4.57. The normalized spacial score (nSPS) is 13.7. The largest absolute Gasteiger partial charge is 0.375 e. The summed E-state index contributed by atoms with van der Waals surface area (Å²) in [5.74, 6) is 0.0884. The lowest BCUT2D eigenvalue weighted by molar-refractivity contribution is -0.129. The smallest absolute Gasteiger partial charge is 0.242 e. The molecule has 1 fully saturated rings. The van der Waals surface area contributed by atoms with Gasteiger partial charge in [-0.2, -0.15) is 5.26 Å². The van der Waals surface area contributed by atoms with E-state index in [2.05, 4.69) is 5.32 Å². The highest BCUT2D eigenvalue weighted by Gasteiger charge is 2.30. The van der Waals surface area contributed by atoms with Crippen LogP contribution < -0.4 is 5.32 Å². The molecule has 1 aliphatic rings. The van der Waals surface area contributed by atoms with E-state index in [1.165, 1.54) is 0 Å². The van der Waals surface area contributed by atoms with Crippen molar-refractivity contribution >= 4 is 23.2 Å². The molecule has 0 aliphatic heterocycles. The van der Waals surface area contributed by atoms with Crippen molar-refractivity contribution < 1.29 is 4.79 Å². The van der Waals surface area contributed by atoms with E-state index in [9.17, 15) is 4.79 Å². The lowest BCUT2D eigenvalue weighted by Gasteiger charge is -2.21. The van der Waals surface area contributed by atoms with E-state index in [0.717, 1.165) is 19.4 Å². The standard InChI is InChI=1S/C14H16ClN3O/c1-2-18(11-4-5-11)14(19)9-17-13-6-3-10(8-16)7-12(13)15/h3,6-7,11,17H,2,4-5,9H2,1H3. The third kappa shape index (κ3) is 3.39. The minimum absolute atomic E-state index is 0.0884. The zero-order valence-corrected chi connectivity index (χ0v) is 11.6. The highest BCUT2D eigenvalue weighted by atomic mass is 35.5. The molecule has 1 aromatic rings. The van der Waals surface area contributed by atoms with Crippen LogP contribution in [0.1, 0.15) is 25.3 Å². The first kappa shape index (κ1) is 13.7. The predicted molar refractivity (Wildman–Crippen MR) is 75.1 cm³/mol. The van der Waals surface area contributed by atoms with E-state index in [4.69, 9.17) is 16.9 Å². The molecule has 100 valence electrons. The van der Waals surface area contributed by atoms with Crippen molar-refractivity contribution in [3.8, 4) is 6.07 Å². The number of carbonyl (C=O) groups is 1. The summed E-state index contributed by atoms with van der Waals surface area (Å²) in [5.41, 5.74) is 1.19. The molecule has 0 bridgehead atoms. The number of hydrogen-bond acceptors (Lipinski definition) is 3. The van der Waals surface area contributed by atoms with Crippen molar-refractivity contribution in [1.29, 1.82) is 5.26 Å². The van der Waals surface area contributed by atoms with Crippen LogP contribution in [-0.2, 0) is 4.79 Å². The van der Waals surface area contributed by atoms with Gasteiger partial charge in [0.15, 0.2) is 0 Å². The summed E-state index contributed by atoms with van der Waals surface area (Å²) in [7, 11) is 0. The second kappa shape index (κ2) is 5.94. The van der Waals surface area contributed by atoms with Gasteiger partial charge in [-0.05, 0) is 38.0 Å². The molecular formula is C14H16ClN3O. The number of benzene rings is 1. The van der Waals surface area contributed by atoms with Crippen molar-refractivity contribution in [1.82, 2.24) is 4.90 Å². The molecule has 0 saturated heterocycles. The molecule has 2 rings (SSSR count). The summed E-state index contributed by atoms with van der Waals surface area (Å²) in [6.45, 7) is 2.97. The lowest BCUT2D eigenvalue weighted by atomic mass is 10.2. The van der Waals surface area contributed by atoms with Crippen LogP contribution in [0.15, 0.2) is 18.2 Å². The first-order valence-corrected chi connectivity index (χ1v) is 6.76. The Morgan fingerprint density at radius 2 is 2.32 bits per heavy atom. The summed E-state index contributed by atoms with van der Waals surface area (Å²) in [6.07, 6.45) is 2.22. The summed E-state index contributed by atoms with van der Waals surface area (Å²) in [6, 6.07) is 7.44. The Hall–Kier alpha value is -1.73. The molecule has 0 unspecified atom stereocenters. The molecule has 4 nitrogen and oxygen atoms in total. The summed E-state index contributed by atoms with van der Waals surface area (Å²) < 4.78 is 0. The molecule has 0 atom stereocenters. The molecule has 1 saturated carbocycles. The number of likely N-dealkylation sites (N-methyl/N-ethyl adjacent to an activating group) is 1. The number of halogens is 1. The minimum Gasteiger partial charge on any atom is -0.375 e. The zero-order valence-electron chi connectivity index (χ0n) is 10.8. The van der Waals surface area contributed by atoms with Crippen molar-refractivity contribution in [2.75, 3.05) is 18.4 Å². The molecular weight excluding hydrogens is 262 g/mol. The number of nitriles is 1. The predicted octanol–water partition coefficient (Wildman–Crippen LogP) is 2.63.